The van der Waals surface area contributed by atoms with Crippen molar-refractivity contribution in [2.45, 2.75) is 25.7 Å². The molecule has 2 N–H and O–H groups in total. The normalized spacial score (nSPS) is 19.8. The van der Waals surface area contributed by atoms with Crippen LogP contribution in [0.3, 0.4) is 0 Å². The topological polar surface area (TPSA) is 71.9 Å². The van der Waals surface area contributed by atoms with Crippen molar-refractivity contribution in [1.29, 1.82) is 5.26 Å². The molecular formula is C13H17N3O. The molecule has 2 rings (SSSR count). The number of aromatic nitrogens is 1. The third-order valence-corrected chi connectivity index (χ3v) is 3.21. The SMILES string of the molecule is N#Cc1cnc(N)cc1CCC1CCCOC1. The first-order valence-electron chi connectivity index (χ1n) is 6.02. The number of nitriles is 1. The Kier molecular flexibility index (Phi) is 3.94. The van der Waals surface area contributed by atoms with Crippen LogP contribution in [0.15, 0.2) is 12.3 Å². The predicted octanol–water partition coefficient (Wildman–Crippen LogP) is 1.89. The summed E-state index contributed by atoms with van der Waals surface area (Å²) in [4.78, 5) is 3.94. The summed E-state index contributed by atoms with van der Waals surface area (Å²) in [7, 11) is 0. The summed E-state index contributed by atoms with van der Waals surface area (Å²) in [5.41, 5.74) is 7.29. The Hall–Kier alpha value is -1.60. The molecule has 1 atom stereocenters. The van der Waals surface area contributed by atoms with Gasteiger partial charge in [0.15, 0.2) is 0 Å². The van der Waals surface area contributed by atoms with E-state index in [-0.39, 0.29) is 0 Å². The molecule has 0 spiro atoms. The van der Waals surface area contributed by atoms with Crippen molar-refractivity contribution >= 4 is 5.82 Å². The molecule has 1 aromatic rings. The molecular weight excluding hydrogens is 214 g/mol. The molecule has 90 valence electrons. The lowest BCUT2D eigenvalue weighted by molar-refractivity contribution is 0.0518. The maximum absolute atomic E-state index is 8.99. The van der Waals surface area contributed by atoms with E-state index < -0.39 is 0 Å². The van der Waals surface area contributed by atoms with Gasteiger partial charge in [-0.05, 0) is 43.2 Å². The minimum absolute atomic E-state index is 0.485. The van der Waals surface area contributed by atoms with Gasteiger partial charge in [-0.15, -0.1) is 0 Å². The van der Waals surface area contributed by atoms with Gasteiger partial charge < -0.3 is 10.5 Å². The van der Waals surface area contributed by atoms with Crippen molar-refractivity contribution in [3.63, 3.8) is 0 Å². The quantitative estimate of drug-likeness (QED) is 0.862. The van der Waals surface area contributed by atoms with Crippen LogP contribution in [0.2, 0.25) is 0 Å². The molecule has 1 unspecified atom stereocenters. The van der Waals surface area contributed by atoms with Gasteiger partial charge in [0.2, 0.25) is 0 Å². The van der Waals surface area contributed by atoms with Crippen molar-refractivity contribution < 1.29 is 4.74 Å². The van der Waals surface area contributed by atoms with E-state index in [0.29, 0.717) is 17.3 Å². The lowest BCUT2D eigenvalue weighted by Gasteiger charge is -2.21. The van der Waals surface area contributed by atoms with Crippen LogP contribution < -0.4 is 5.73 Å². The molecule has 4 heteroatoms. The minimum Gasteiger partial charge on any atom is -0.384 e. The number of hydrogen-bond donors (Lipinski definition) is 1. The van der Waals surface area contributed by atoms with Crippen LogP contribution >= 0.6 is 0 Å². The van der Waals surface area contributed by atoms with Crippen molar-refractivity contribution in [3.05, 3.63) is 23.4 Å². The Labute approximate surface area is 101 Å². The maximum atomic E-state index is 8.99. The number of hydrogen-bond acceptors (Lipinski definition) is 4. The van der Waals surface area contributed by atoms with E-state index in [1.165, 1.54) is 6.42 Å². The Morgan fingerprint density at radius 3 is 3.18 bits per heavy atom. The Morgan fingerprint density at radius 1 is 1.59 bits per heavy atom. The van der Waals surface area contributed by atoms with Crippen LogP contribution in [0.4, 0.5) is 5.82 Å². The van der Waals surface area contributed by atoms with Gasteiger partial charge in [-0.2, -0.15) is 5.26 Å². The fraction of sp³-hybridized carbons (Fsp3) is 0.538. The molecule has 1 fully saturated rings. The summed E-state index contributed by atoms with van der Waals surface area (Å²) in [6.07, 6.45) is 5.86. The van der Waals surface area contributed by atoms with Gasteiger partial charge in [-0.1, -0.05) is 0 Å². The molecule has 4 nitrogen and oxygen atoms in total. The Bertz CT molecular complexity index is 419. The molecule has 17 heavy (non-hydrogen) atoms. The highest BCUT2D eigenvalue weighted by molar-refractivity contribution is 5.42. The molecule has 2 heterocycles. The van der Waals surface area contributed by atoms with E-state index in [1.54, 1.807) is 6.20 Å². The van der Waals surface area contributed by atoms with Crippen LogP contribution in [-0.4, -0.2) is 18.2 Å². The lowest BCUT2D eigenvalue weighted by atomic mass is 9.93. The highest BCUT2D eigenvalue weighted by atomic mass is 16.5. The third kappa shape index (κ3) is 3.18. The van der Waals surface area contributed by atoms with Crippen LogP contribution in [0, 0.1) is 17.2 Å². The molecule has 1 saturated heterocycles. The summed E-state index contributed by atoms with van der Waals surface area (Å²) in [5, 5.41) is 8.99. The monoisotopic (exact) mass is 231 g/mol. The highest BCUT2D eigenvalue weighted by Crippen LogP contribution is 2.21. The maximum Gasteiger partial charge on any atom is 0.123 e. The first-order chi connectivity index (χ1) is 8.29. The molecule has 0 amide bonds. The number of rotatable bonds is 3. The summed E-state index contributed by atoms with van der Waals surface area (Å²) in [6.45, 7) is 1.74. The largest absolute Gasteiger partial charge is 0.384 e. The summed E-state index contributed by atoms with van der Waals surface area (Å²) < 4.78 is 5.45. The predicted molar refractivity (Wildman–Crippen MR) is 65.2 cm³/mol. The van der Waals surface area contributed by atoms with E-state index >= 15 is 0 Å². The highest BCUT2D eigenvalue weighted by Gasteiger charge is 2.14. The van der Waals surface area contributed by atoms with E-state index in [4.69, 9.17) is 15.7 Å². The zero-order chi connectivity index (χ0) is 12.1. The van der Waals surface area contributed by atoms with Crippen LogP contribution in [0.5, 0.6) is 0 Å². The smallest absolute Gasteiger partial charge is 0.123 e. The van der Waals surface area contributed by atoms with Gasteiger partial charge in [0.05, 0.1) is 5.56 Å². The Morgan fingerprint density at radius 2 is 2.47 bits per heavy atom. The second kappa shape index (κ2) is 5.65. The molecule has 0 aliphatic carbocycles. The van der Waals surface area contributed by atoms with Crippen LogP contribution in [0.1, 0.15) is 30.4 Å². The second-order valence-corrected chi connectivity index (χ2v) is 4.50. The van der Waals surface area contributed by atoms with Crippen LogP contribution in [0.25, 0.3) is 0 Å². The van der Waals surface area contributed by atoms with Crippen molar-refractivity contribution in [1.82, 2.24) is 4.98 Å². The molecule has 1 aliphatic heterocycles. The van der Waals surface area contributed by atoms with Gasteiger partial charge in [0.25, 0.3) is 0 Å². The number of pyridine rings is 1. The second-order valence-electron chi connectivity index (χ2n) is 4.50. The molecule has 1 aliphatic rings. The van der Waals surface area contributed by atoms with Gasteiger partial charge in [-0.3, -0.25) is 0 Å². The van der Waals surface area contributed by atoms with E-state index in [0.717, 1.165) is 38.0 Å². The first kappa shape index (κ1) is 11.9. The molecule has 0 radical (unpaired) electrons. The van der Waals surface area contributed by atoms with Crippen molar-refractivity contribution in [2.24, 2.45) is 5.92 Å². The van der Waals surface area contributed by atoms with Gasteiger partial charge >= 0.3 is 0 Å². The molecule has 0 bridgehead atoms. The first-order valence-corrected chi connectivity index (χ1v) is 6.02. The van der Waals surface area contributed by atoms with Crippen molar-refractivity contribution in [3.8, 4) is 6.07 Å². The van der Waals surface area contributed by atoms with Crippen LogP contribution in [-0.2, 0) is 11.2 Å². The van der Waals surface area contributed by atoms with Gasteiger partial charge in [0, 0.05) is 19.4 Å². The average molecular weight is 231 g/mol. The number of anilines is 1. The van der Waals surface area contributed by atoms with Gasteiger partial charge in [0.1, 0.15) is 11.9 Å². The lowest BCUT2D eigenvalue weighted by Crippen LogP contribution is -2.17. The zero-order valence-corrected chi connectivity index (χ0v) is 9.85. The number of nitrogen functional groups attached to an aromatic ring is 1. The Balaban J connectivity index is 1.98. The molecule has 1 aromatic heterocycles. The fourth-order valence-corrected chi connectivity index (χ4v) is 2.22. The standard InChI is InChI=1S/C13H17N3O/c14-7-12-8-16-13(15)6-11(12)4-3-10-2-1-5-17-9-10/h6,8,10H,1-5,9H2,(H2,15,16). The number of nitrogens with zero attached hydrogens (tertiary/aromatic N) is 2. The molecule has 0 aromatic carbocycles. The fourth-order valence-electron chi connectivity index (χ4n) is 2.22. The van der Waals surface area contributed by atoms with E-state index in [1.807, 2.05) is 6.07 Å². The molecule has 0 saturated carbocycles. The summed E-state index contributed by atoms with van der Waals surface area (Å²) in [6, 6.07) is 3.97. The zero-order valence-electron chi connectivity index (χ0n) is 9.85. The van der Waals surface area contributed by atoms with E-state index in [2.05, 4.69) is 11.1 Å². The van der Waals surface area contributed by atoms with Crippen molar-refractivity contribution in [2.75, 3.05) is 18.9 Å². The van der Waals surface area contributed by atoms with E-state index in [9.17, 15) is 0 Å². The number of ether oxygens (including phenoxy) is 1. The number of aryl methyl sites for hydroxylation is 1. The van der Waals surface area contributed by atoms with Gasteiger partial charge in [-0.25, -0.2) is 4.98 Å². The number of nitrogens with two attached hydrogens (primary N) is 1. The average Bonchev–Trinajstić information content (AvgIpc) is 2.38. The summed E-state index contributed by atoms with van der Waals surface area (Å²) in [5.74, 6) is 1.10. The summed E-state index contributed by atoms with van der Waals surface area (Å²) >= 11 is 0. The minimum atomic E-state index is 0.485. The third-order valence-electron chi connectivity index (χ3n) is 3.21.